The van der Waals surface area contributed by atoms with E-state index in [-0.39, 0.29) is 6.10 Å². The van der Waals surface area contributed by atoms with Crippen molar-refractivity contribution >= 4 is 15.9 Å². The molecule has 0 amide bonds. The van der Waals surface area contributed by atoms with E-state index in [2.05, 4.69) is 22.9 Å². The van der Waals surface area contributed by atoms with Gasteiger partial charge in [0.05, 0.1) is 17.7 Å². The Bertz CT molecular complexity index is 366. The summed E-state index contributed by atoms with van der Waals surface area (Å²) in [5.74, 6) is 0.831. The standard InChI is InChI=1S/C16H25BrO2/c1-3-4-5-6-7-8-14(18)11-13-9-10-16(19-2)15(17)12-13/h9-10,12,14,18H,3-8,11H2,1-2H3. The van der Waals surface area contributed by atoms with Crippen molar-refractivity contribution in [3.63, 3.8) is 0 Å². The fourth-order valence-electron chi connectivity index (χ4n) is 2.19. The van der Waals surface area contributed by atoms with Crippen molar-refractivity contribution in [2.45, 2.75) is 58.0 Å². The maximum absolute atomic E-state index is 10.0. The van der Waals surface area contributed by atoms with Gasteiger partial charge in [-0.3, -0.25) is 0 Å². The third-order valence-corrected chi connectivity index (χ3v) is 3.95. The molecule has 19 heavy (non-hydrogen) atoms. The lowest BCUT2D eigenvalue weighted by molar-refractivity contribution is 0.161. The summed E-state index contributed by atoms with van der Waals surface area (Å²) in [7, 11) is 1.66. The molecule has 0 heterocycles. The molecule has 0 radical (unpaired) electrons. The average molecular weight is 329 g/mol. The monoisotopic (exact) mass is 328 g/mol. The number of rotatable bonds is 9. The zero-order valence-corrected chi connectivity index (χ0v) is 13.6. The van der Waals surface area contributed by atoms with Crippen LogP contribution >= 0.6 is 15.9 Å². The van der Waals surface area contributed by atoms with Crippen LogP contribution in [-0.2, 0) is 6.42 Å². The first-order chi connectivity index (χ1) is 9.17. The van der Waals surface area contributed by atoms with E-state index in [9.17, 15) is 5.11 Å². The number of ether oxygens (including phenoxy) is 1. The predicted molar refractivity (Wildman–Crippen MR) is 83.8 cm³/mol. The highest BCUT2D eigenvalue weighted by molar-refractivity contribution is 9.10. The van der Waals surface area contributed by atoms with Crippen LogP contribution in [0, 0.1) is 0 Å². The molecule has 1 aromatic carbocycles. The fourth-order valence-corrected chi connectivity index (χ4v) is 2.78. The minimum Gasteiger partial charge on any atom is -0.496 e. The lowest BCUT2D eigenvalue weighted by Gasteiger charge is -2.12. The number of hydrogen-bond donors (Lipinski definition) is 1. The third kappa shape index (κ3) is 6.44. The Kier molecular flexibility index (Phi) is 8.15. The lowest BCUT2D eigenvalue weighted by atomic mass is 10.0. The van der Waals surface area contributed by atoms with Crippen molar-refractivity contribution in [1.29, 1.82) is 0 Å². The smallest absolute Gasteiger partial charge is 0.133 e. The quantitative estimate of drug-likeness (QED) is 0.664. The first-order valence-electron chi connectivity index (χ1n) is 7.17. The van der Waals surface area contributed by atoms with Gasteiger partial charge in [0.25, 0.3) is 0 Å². The number of benzene rings is 1. The fraction of sp³-hybridized carbons (Fsp3) is 0.625. The van der Waals surface area contributed by atoms with Crippen molar-refractivity contribution in [2.24, 2.45) is 0 Å². The van der Waals surface area contributed by atoms with Crippen molar-refractivity contribution in [3.05, 3.63) is 28.2 Å². The van der Waals surface area contributed by atoms with Gasteiger partial charge in [-0.25, -0.2) is 0 Å². The zero-order valence-electron chi connectivity index (χ0n) is 12.0. The molecule has 1 atom stereocenters. The number of unbranched alkanes of at least 4 members (excludes halogenated alkanes) is 4. The summed E-state index contributed by atoms with van der Waals surface area (Å²) in [6.45, 7) is 2.22. The van der Waals surface area contributed by atoms with E-state index in [0.717, 1.165) is 35.0 Å². The van der Waals surface area contributed by atoms with Crippen LogP contribution in [-0.4, -0.2) is 18.3 Å². The molecule has 0 spiro atoms. The van der Waals surface area contributed by atoms with E-state index in [4.69, 9.17) is 4.74 Å². The molecule has 1 unspecified atom stereocenters. The zero-order chi connectivity index (χ0) is 14.1. The molecule has 1 rings (SSSR count). The Hall–Kier alpha value is -0.540. The maximum atomic E-state index is 10.0. The Labute approximate surface area is 125 Å². The largest absolute Gasteiger partial charge is 0.496 e. The first-order valence-corrected chi connectivity index (χ1v) is 7.97. The Morgan fingerprint density at radius 1 is 1.21 bits per heavy atom. The minimum absolute atomic E-state index is 0.234. The molecule has 3 heteroatoms. The molecule has 1 N–H and O–H groups in total. The Morgan fingerprint density at radius 2 is 1.95 bits per heavy atom. The minimum atomic E-state index is -0.234. The van der Waals surface area contributed by atoms with Crippen molar-refractivity contribution < 1.29 is 9.84 Å². The van der Waals surface area contributed by atoms with Crippen LogP contribution in [0.2, 0.25) is 0 Å². The van der Waals surface area contributed by atoms with Crippen LogP contribution in [0.4, 0.5) is 0 Å². The van der Waals surface area contributed by atoms with Gasteiger partial charge >= 0.3 is 0 Å². The molecule has 0 aliphatic carbocycles. The first kappa shape index (κ1) is 16.5. The lowest BCUT2D eigenvalue weighted by Crippen LogP contribution is -2.10. The molecule has 0 saturated carbocycles. The van der Waals surface area contributed by atoms with Crippen molar-refractivity contribution in [3.8, 4) is 5.75 Å². The van der Waals surface area contributed by atoms with Gasteiger partial charge in [0.15, 0.2) is 0 Å². The van der Waals surface area contributed by atoms with E-state index in [1.54, 1.807) is 7.11 Å². The highest BCUT2D eigenvalue weighted by atomic mass is 79.9. The van der Waals surface area contributed by atoms with Gasteiger partial charge in [-0.15, -0.1) is 0 Å². The van der Waals surface area contributed by atoms with Crippen molar-refractivity contribution in [1.82, 2.24) is 0 Å². The van der Waals surface area contributed by atoms with Gasteiger partial charge in [0.2, 0.25) is 0 Å². The van der Waals surface area contributed by atoms with Crippen LogP contribution < -0.4 is 4.74 Å². The summed E-state index contributed by atoms with van der Waals surface area (Å²) in [6.07, 6.45) is 7.60. The summed E-state index contributed by atoms with van der Waals surface area (Å²) in [5, 5.41) is 10.0. The molecule has 0 fully saturated rings. The number of halogens is 1. The number of aliphatic hydroxyl groups excluding tert-OH is 1. The van der Waals surface area contributed by atoms with Crippen LogP contribution in [0.25, 0.3) is 0 Å². The van der Waals surface area contributed by atoms with Gasteiger partial charge in [-0.05, 0) is 46.5 Å². The molecule has 0 bridgehead atoms. The molecule has 0 aromatic heterocycles. The summed E-state index contributed by atoms with van der Waals surface area (Å²) in [5.41, 5.74) is 1.15. The van der Waals surface area contributed by atoms with Gasteiger partial charge < -0.3 is 9.84 Å². The molecular formula is C16H25BrO2. The van der Waals surface area contributed by atoms with Crippen LogP contribution in [0.3, 0.4) is 0 Å². The van der Waals surface area contributed by atoms with Gasteiger partial charge in [0, 0.05) is 0 Å². The summed E-state index contributed by atoms with van der Waals surface area (Å²) < 4.78 is 6.14. The third-order valence-electron chi connectivity index (χ3n) is 3.33. The Balaban J connectivity index is 2.31. The second-order valence-electron chi connectivity index (χ2n) is 5.03. The molecule has 108 valence electrons. The van der Waals surface area contributed by atoms with E-state index in [1.807, 2.05) is 18.2 Å². The summed E-state index contributed by atoms with van der Waals surface area (Å²) in [4.78, 5) is 0. The normalized spacial score (nSPS) is 12.4. The van der Waals surface area contributed by atoms with Crippen LogP contribution in [0.15, 0.2) is 22.7 Å². The molecule has 0 saturated heterocycles. The molecule has 0 aliphatic heterocycles. The van der Waals surface area contributed by atoms with Gasteiger partial charge in [-0.1, -0.05) is 45.1 Å². The van der Waals surface area contributed by atoms with E-state index < -0.39 is 0 Å². The number of aliphatic hydroxyl groups is 1. The van der Waals surface area contributed by atoms with Gasteiger partial charge in [-0.2, -0.15) is 0 Å². The second-order valence-corrected chi connectivity index (χ2v) is 5.88. The topological polar surface area (TPSA) is 29.5 Å². The maximum Gasteiger partial charge on any atom is 0.133 e. The molecule has 0 aliphatic rings. The van der Waals surface area contributed by atoms with Crippen molar-refractivity contribution in [2.75, 3.05) is 7.11 Å². The number of methoxy groups -OCH3 is 1. The summed E-state index contributed by atoms with van der Waals surface area (Å²) >= 11 is 3.47. The number of hydrogen-bond acceptors (Lipinski definition) is 2. The predicted octanol–water partition coefficient (Wildman–Crippen LogP) is 4.72. The van der Waals surface area contributed by atoms with E-state index in [1.165, 1.54) is 25.7 Å². The SMILES string of the molecule is CCCCCCCC(O)Cc1ccc(OC)c(Br)c1. The van der Waals surface area contributed by atoms with Crippen LogP contribution in [0.1, 0.15) is 51.0 Å². The molecule has 1 aromatic rings. The van der Waals surface area contributed by atoms with Gasteiger partial charge in [0.1, 0.15) is 5.75 Å². The average Bonchev–Trinajstić information content (AvgIpc) is 2.39. The molecule has 2 nitrogen and oxygen atoms in total. The second kappa shape index (κ2) is 9.38. The highest BCUT2D eigenvalue weighted by Crippen LogP contribution is 2.26. The van der Waals surface area contributed by atoms with E-state index in [0.29, 0.717) is 0 Å². The highest BCUT2D eigenvalue weighted by Gasteiger charge is 2.07. The van der Waals surface area contributed by atoms with Crippen LogP contribution in [0.5, 0.6) is 5.75 Å². The molecular weight excluding hydrogens is 304 g/mol. The van der Waals surface area contributed by atoms with E-state index >= 15 is 0 Å². The Morgan fingerprint density at radius 3 is 2.58 bits per heavy atom. The summed E-state index contributed by atoms with van der Waals surface area (Å²) in [6, 6.07) is 5.98.